The van der Waals surface area contributed by atoms with Gasteiger partial charge in [-0.15, -0.1) is 0 Å². The molecule has 0 heterocycles. The minimum absolute atomic E-state index is 0.807. The van der Waals surface area contributed by atoms with E-state index in [0.29, 0.717) is 0 Å². The molecular weight excluding hydrogens is 258 g/mol. The largest absolute Gasteiger partial charge is 0.494 e. The maximum atomic E-state index is 5.77. The molecule has 0 aliphatic heterocycles. The van der Waals surface area contributed by atoms with Gasteiger partial charge in [0, 0.05) is 0 Å². The van der Waals surface area contributed by atoms with Crippen molar-refractivity contribution in [1.29, 1.82) is 0 Å². The van der Waals surface area contributed by atoms with Crippen molar-refractivity contribution in [2.45, 2.75) is 25.7 Å². The van der Waals surface area contributed by atoms with Gasteiger partial charge in [0.15, 0.2) is 0 Å². The highest BCUT2D eigenvalue weighted by Crippen LogP contribution is 2.15. The summed E-state index contributed by atoms with van der Waals surface area (Å²) in [6, 6.07) is 19.0. The molecule has 2 heteroatoms. The molecule has 2 aromatic carbocycles. The fraction of sp³-hybridized carbons (Fsp3) is 0.368. The molecule has 0 saturated heterocycles. The van der Waals surface area contributed by atoms with Gasteiger partial charge in [-0.25, -0.2) is 0 Å². The Hall–Kier alpha value is -1.80. The molecule has 0 aliphatic rings. The van der Waals surface area contributed by atoms with Crippen molar-refractivity contribution in [2.24, 2.45) is 0 Å². The fourth-order valence-electron chi connectivity index (χ4n) is 2.31. The molecule has 0 bridgehead atoms. The van der Waals surface area contributed by atoms with Crippen LogP contribution in [0.2, 0.25) is 0 Å². The monoisotopic (exact) mass is 283 g/mol. The zero-order valence-electron chi connectivity index (χ0n) is 12.8. The summed E-state index contributed by atoms with van der Waals surface area (Å²) < 4.78 is 5.77. The van der Waals surface area contributed by atoms with Crippen molar-refractivity contribution in [3.63, 3.8) is 0 Å². The second kappa shape index (κ2) is 9.19. The van der Waals surface area contributed by atoms with Gasteiger partial charge in [0.2, 0.25) is 0 Å². The average molecular weight is 283 g/mol. The van der Waals surface area contributed by atoms with Gasteiger partial charge in [-0.05, 0) is 62.5 Å². The van der Waals surface area contributed by atoms with Crippen LogP contribution in [0.3, 0.4) is 0 Å². The van der Waals surface area contributed by atoms with E-state index in [1.165, 1.54) is 24.0 Å². The van der Waals surface area contributed by atoms with Crippen molar-refractivity contribution >= 4 is 0 Å². The Bertz CT molecular complexity index is 493. The van der Waals surface area contributed by atoms with E-state index in [2.05, 4.69) is 59.9 Å². The molecule has 0 spiro atoms. The second-order valence-corrected chi connectivity index (χ2v) is 5.32. The van der Waals surface area contributed by atoms with E-state index in [1.807, 2.05) is 7.05 Å². The zero-order valence-corrected chi connectivity index (χ0v) is 12.8. The minimum Gasteiger partial charge on any atom is -0.494 e. The Morgan fingerprint density at radius 1 is 0.810 bits per heavy atom. The Balaban J connectivity index is 1.72. The summed E-state index contributed by atoms with van der Waals surface area (Å²) in [7, 11) is 1.99. The van der Waals surface area contributed by atoms with Crippen molar-refractivity contribution in [1.82, 2.24) is 5.32 Å². The van der Waals surface area contributed by atoms with Crippen LogP contribution >= 0.6 is 0 Å². The second-order valence-electron chi connectivity index (χ2n) is 5.32. The standard InChI is InChI=1S/C19H25NO/c1-20-14-6-3-7-15-21-19-12-10-18(11-13-19)16-17-8-4-2-5-9-17/h2,4-5,8-13,20H,3,6-7,14-16H2,1H3. The maximum Gasteiger partial charge on any atom is 0.119 e. The summed E-state index contributed by atoms with van der Waals surface area (Å²) in [6.07, 6.45) is 4.53. The van der Waals surface area contributed by atoms with E-state index >= 15 is 0 Å². The van der Waals surface area contributed by atoms with Crippen LogP contribution in [0, 0.1) is 0 Å². The van der Waals surface area contributed by atoms with Gasteiger partial charge in [0.05, 0.1) is 6.61 Å². The molecule has 0 atom stereocenters. The van der Waals surface area contributed by atoms with Crippen LogP contribution in [-0.4, -0.2) is 20.2 Å². The third-order valence-electron chi connectivity index (χ3n) is 3.51. The lowest BCUT2D eigenvalue weighted by Crippen LogP contribution is -2.07. The summed E-state index contributed by atoms with van der Waals surface area (Å²) in [6.45, 7) is 1.90. The molecule has 2 nitrogen and oxygen atoms in total. The van der Waals surface area contributed by atoms with Gasteiger partial charge in [0.1, 0.15) is 5.75 Å². The minimum atomic E-state index is 0.807. The highest BCUT2D eigenvalue weighted by molar-refractivity contribution is 5.31. The lowest BCUT2D eigenvalue weighted by Gasteiger charge is -2.07. The molecule has 0 aromatic heterocycles. The Morgan fingerprint density at radius 3 is 2.24 bits per heavy atom. The van der Waals surface area contributed by atoms with Crippen LogP contribution in [0.4, 0.5) is 0 Å². The summed E-state index contributed by atoms with van der Waals surface area (Å²) >= 11 is 0. The lowest BCUT2D eigenvalue weighted by atomic mass is 10.1. The third kappa shape index (κ3) is 6.01. The van der Waals surface area contributed by atoms with E-state index in [-0.39, 0.29) is 0 Å². The van der Waals surface area contributed by atoms with Crippen LogP contribution in [0.15, 0.2) is 54.6 Å². The van der Waals surface area contributed by atoms with Gasteiger partial charge < -0.3 is 10.1 Å². The fourth-order valence-corrected chi connectivity index (χ4v) is 2.31. The summed E-state index contributed by atoms with van der Waals surface area (Å²) in [5.41, 5.74) is 2.67. The van der Waals surface area contributed by atoms with E-state index in [0.717, 1.165) is 31.7 Å². The van der Waals surface area contributed by atoms with Crippen LogP contribution in [0.1, 0.15) is 30.4 Å². The zero-order chi connectivity index (χ0) is 14.8. The molecule has 2 rings (SSSR count). The first-order chi connectivity index (χ1) is 10.4. The topological polar surface area (TPSA) is 21.3 Å². The SMILES string of the molecule is CNCCCCCOc1ccc(Cc2ccccc2)cc1. The number of nitrogens with one attached hydrogen (secondary N) is 1. The highest BCUT2D eigenvalue weighted by atomic mass is 16.5. The average Bonchev–Trinajstić information content (AvgIpc) is 2.53. The molecule has 112 valence electrons. The van der Waals surface area contributed by atoms with Gasteiger partial charge in [-0.2, -0.15) is 0 Å². The maximum absolute atomic E-state index is 5.77. The highest BCUT2D eigenvalue weighted by Gasteiger charge is 1.98. The van der Waals surface area contributed by atoms with Crippen LogP contribution in [0.25, 0.3) is 0 Å². The first kappa shape index (κ1) is 15.6. The molecule has 0 saturated carbocycles. The Kier molecular flexibility index (Phi) is 6.82. The summed E-state index contributed by atoms with van der Waals surface area (Å²) in [5.74, 6) is 0.973. The first-order valence-corrected chi connectivity index (χ1v) is 7.79. The van der Waals surface area contributed by atoms with Crippen molar-refractivity contribution in [3.05, 3.63) is 65.7 Å². The molecule has 1 N–H and O–H groups in total. The molecule has 0 radical (unpaired) electrons. The van der Waals surface area contributed by atoms with Crippen molar-refractivity contribution in [2.75, 3.05) is 20.2 Å². The normalized spacial score (nSPS) is 10.5. The number of hydrogen-bond donors (Lipinski definition) is 1. The number of ether oxygens (including phenoxy) is 1. The summed E-state index contributed by atoms with van der Waals surface area (Å²) in [5, 5.41) is 3.16. The van der Waals surface area contributed by atoms with Crippen LogP contribution < -0.4 is 10.1 Å². The number of benzene rings is 2. The molecule has 21 heavy (non-hydrogen) atoms. The summed E-state index contributed by atoms with van der Waals surface area (Å²) in [4.78, 5) is 0. The van der Waals surface area contributed by atoms with Gasteiger partial charge in [0.25, 0.3) is 0 Å². The van der Waals surface area contributed by atoms with Crippen LogP contribution in [-0.2, 0) is 6.42 Å². The molecule has 0 aliphatic carbocycles. The van der Waals surface area contributed by atoms with Gasteiger partial charge in [-0.1, -0.05) is 42.5 Å². The third-order valence-corrected chi connectivity index (χ3v) is 3.51. The quantitative estimate of drug-likeness (QED) is 0.701. The number of unbranched alkanes of at least 4 members (excludes halogenated alkanes) is 2. The van der Waals surface area contributed by atoms with Gasteiger partial charge in [-0.3, -0.25) is 0 Å². The Labute approximate surface area is 128 Å². The van der Waals surface area contributed by atoms with Crippen molar-refractivity contribution in [3.8, 4) is 5.75 Å². The predicted octanol–water partition coefficient (Wildman–Crippen LogP) is 4.05. The molecular formula is C19H25NO. The van der Waals surface area contributed by atoms with Crippen LogP contribution in [0.5, 0.6) is 5.75 Å². The van der Waals surface area contributed by atoms with E-state index in [1.54, 1.807) is 0 Å². The lowest BCUT2D eigenvalue weighted by molar-refractivity contribution is 0.305. The smallest absolute Gasteiger partial charge is 0.119 e. The Morgan fingerprint density at radius 2 is 1.52 bits per heavy atom. The number of hydrogen-bond acceptors (Lipinski definition) is 2. The van der Waals surface area contributed by atoms with E-state index in [9.17, 15) is 0 Å². The molecule has 2 aromatic rings. The first-order valence-electron chi connectivity index (χ1n) is 7.79. The van der Waals surface area contributed by atoms with Gasteiger partial charge >= 0.3 is 0 Å². The molecule has 0 amide bonds. The van der Waals surface area contributed by atoms with E-state index in [4.69, 9.17) is 4.74 Å². The van der Waals surface area contributed by atoms with Crippen molar-refractivity contribution < 1.29 is 4.74 Å². The van der Waals surface area contributed by atoms with E-state index < -0.39 is 0 Å². The molecule has 0 unspecified atom stereocenters. The predicted molar refractivity (Wildman–Crippen MR) is 89.0 cm³/mol. The molecule has 0 fully saturated rings. The number of rotatable bonds is 9.